The van der Waals surface area contributed by atoms with Crippen molar-refractivity contribution >= 4 is 11.7 Å². The number of hydrogen-bond donors (Lipinski definition) is 2. The zero-order chi connectivity index (χ0) is 15.1. The van der Waals surface area contributed by atoms with Gasteiger partial charge in [-0.25, -0.2) is 4.98 Å². The van der Waals surface area contributed by atoms with E-state index in [-0.39, 0.29) is 5.91 Å². The Balaban J connectivity index is 1.93. The number of carbonyl (C=O) groups is 1. The van der Waals surface area contributed by atoms with Crippen molar-refractivity contribution in [2.75, 3.05) is 11.9 Å². The molecule has 21 heavy (non-hydrogen) atoms. The quantitative estimate of drug-likeness (QED) is 0.881. The average Bonchev–Trinajstić information content (AvgIpc) is 2.54. The van der Waals surface area contributed by atoms with Crippen molar-refractivity contribution in [3.63, 3.8) is 0 Å². The zero-order valence-electron chi connectivity index (χ0n) is 11.8. The van der Waals surface area contributed by atoms with Crippen LogP contribution in [0.15, 0.2) is 42.6 Å². The second-order valence-corrected chi connectivity index (χ2v) is 4.45. The Kier molecular flexibility index (Phi) is 4.89. The lowest BCUT2D eigenvalue weighted by Gasteiger charge is -2.06. The number of carbonyl (C=O) groups excluding carboxylic acids is 1. The van der Waals surface area contributed by atoms with Gasteiger partial charge in [0, 0.05) is 19.3 Å². The fourth-order valence-corrected chi connectivity index (χ4v) is 1.80. The Bertz CT molecular complexity index is 641. The standard InChI is InChI=1S/C16H16N4O/c1-2-18-15-8-7-14(11-19-15)16(21)20-10-13-5-3-12(9-17)4-6-13/h3-8,11H,2,10H2,1H3,(H,18,19)(H,20,21). The molecule has 0 saturated carbocycles. The molecule has 2 rings (SSSR count). The Hall–Kier alpha value is -2.87. The Labute approximate surface area is 123 Å². The maximum Gasteiger partial charge on any atom is 0.253 e. The molecule has 106 valence electrons. The molecule has 0 aliphatic rings. The molecule has 0 fully saturated rings. The third kappa shape index (κ3) is 4.05. The summed E-state index contributed by atoms with van der Waals surface area (Å²) in [7, 11) is 0. The number of aromatic nitrogens is 1. The lowest BCUT2D eigenvalue weighted by molar-refractivity contribution is 0.0950. The molecule has 0 radical (unpaired) electrons. The maximum absolute atomic E-state index is 12.0. The summed E-state index contributed by atoms with van der Waals surface area (Å²) in [6.07, 6.45) is 1.55. The van der Waals surface area contributed by atoms with Crippen LogP contribution in [0.3, 0.4) is 0 Å². The largest absolute Gasteiger partial charge is 0.370 e. The van der Waals surface area contributed by atoms with E-state index in [2.05, 4.69) is 21.7 Å². The van der Waals surface area contributed by atoms with Crippen molar-refractivity contribution in [2.24, 2.45) is 0 Å². The molecule has 1 heterocycles. The number of pyridine rings is 1. The molecule has 5 heteroatoms. The van der Waals surface area contributed by atoms with Gasteiger partial charge in [-0.15, -0.1) is 0 Å². The SMILES string of the molecule is CCNc1ccc(C(=O)NCc2ccc(C#N)cc2)cn1. The topological polar surface area (TPSA) is 77.8 Å². The molecule has 0 saturated heterocycles. The molecular formula is C16H16N4O. The van der Waals surface area contributed by atoms with Crippen molar-refractivity contribution in [2.45, 2.75) is 13.5 Å². The minimum atomic E-state index is -0.171. The van der Waals surface area contributed by atoms with E-state index in [0.29, 0.717) is 17.7 Å². The molecule has 1 amide bonds. The Morgan fingerprint density at radius 3 is 2.57 bits per heavy atom. The Morgan fingerprint density at radius 1 is 1.24 bits per heavy atom. The minimum absolute atomic E-state index is 0.171. The van der Waals surface area contributed by atoms with Crippen LogP contribution in [0.25, 0.3) is 0 Å². The van der Waals surface area contributed by atoms with E-state index >= 15 is 0 Å². The summed E-state index contributed by atoms with van der Waals surface area (Å²) >= 11 is 0. The van der Waals surface area contributed by atoms with E-state index in [1.807, 2.05) is 19.1 Å². The second-order valence-electron chi connectivity index (χ2n) is 4.45. The third-order valence-electron chi connectivity index (χ3n) is 2.92. The molecule has 2 aromatic rings. The highest BCUT2D eigenvalue weighted by molar-refractivity contribution is 5.93. The maximum atomic E-state index is 12.0. The summed E-state index contributed by atoms with van der Waals surface area (Å²) in [5.74, 6) is 0.580. The monoisotopic (exact) mass is 280 g/mol. The van der Waals surface area contributed by atoms with E-state index < -0.39 is 0 Å². The third-order valence-corrected chi connectivity index (χ3v) is 2.92. The number of rotatable bonds is 5. The summed E-state index contributed by atoms with van der Waals surface area (Å²) in [6.45, 7) is 3.19. The molecule has 5 nitrogen and oxygen atoms in total. The van der Waals surface area contributed by atoms with Gasteiger partial charge < -0.3 is 10.6 Å². The van der Waals surface area contributed by atoms with Gasteiger partial charge in [0.15, 0.2) is 0 Å². The van der Waals surface area contributed by atoms with Crippen LogP contribution in [0.4, 0.5) is 5.82 Å². The molecule has 0 bridgehead atoms. The zero-order valence-corrected chi connectivity index (χ0v) is 11.8. The van der Waals surface area contributed by atoms with E-state index in [0.717, 1.165) is 17.9 Å². The van der Waals surface area contributed by atoms with Gasteiger partial charge >= 0.3 is 0 Å². The number of anilines is 1. The van der Waals surface area contributed by atoms with Gasteiger partial charge in [0.25, 0.3) is 5.91 Å². The highest BCUT2D eigenvalue weighted by Gasteiger charge is 2.05. The van der Waals surface area contributed by atoms with E-state index in [1.54, 1.807) is 30.5 Å². The smallest absolute Gasteiger partial charge is 0.253 e. The van der Waals surface area contributed by atoms with Gasteiger partial charge in [0.1, 0.15) is 5.82 Å². The van der Waals surface area contributed by atoms with E-state index in [1.165, 1.54) is 0 Å². The van der Waals surface area contributed by atoms with Gasteiger partial charge in [-0.2, -0.15) is 5.26 Å². The molecule has 1 aromatic carbocycles. The van der Waals surface area contributed by atoms with Gasteiger partial charge in [0.05, 0.1) is 17.2 Å². The first-order valence-corrected chi connectivity index (χ1v) is 6.70. The summed E-state index contributed by atoms with van der Waals surface area (Å²) in [6, 6.07) is 12.7. The second kappa shape index (κ2) is 7.06. The first kappa shape index (κ1) is 14.5. The predicted molar refractivity (Wildman–Crippen MR) is 80.7 cm³/mol. The number of nitriles is 1. The van der Waals surface area contributed by atoms with Crippen LogP contribution in [0.1, 0.15) is 28.4 Å². The number of benzene rings is 1. The highest BCUT2D eigenvalue weighted by Crippen LogP contribution is 2.06. The number of amides is 1. The van der Waals surface area contributed by atoms with Crippen molar-refractivity contribution < 1.29 is 4.79 Å². The molecule has 2 N–H and O–H groups in total. The predicted octanol–water partition coefficient (Wildman–Crippen LogP) is 2.32. The lowest BCUT2D eigenvalue weighted by atomic mass is 10.1. The average molecular weight is 280 g/mol. The van der Waals surface area contributed by atoms with Gasteiger partial charge in [-0.05, 0) is 36.8 Å². The van der Waals surface area contributed by atoms with E-state index in [9.17, 15) is 4.79 Å². The van der Waals surface area contributed by atoms with Crippen LogP contribution < -0.4 is 10.6 Å². The summed E-state index contributed by atoms with van der Waals surface area (Å²) in [5.41, 5.74) is 2.07. The van der Waals surface area contributed by atoms with Crippen LogP contribution in [-0.2, 0) is 6.54 Å². The van der Waals surface area contributed by atoms with Crippen molar-refractivity contribution in [3.05, 3.63) is 59.3 Å². The lowest BCUT2D eigenvalue weighted by Crippen LogP contribution is -2.22. The highest BCUT2D eigenvalue weighted by atomic mass is 16.1. The van der Waals surface area contributed by atoms with Crippen LogP contribution in [0.5, 0.6) is 0 Å². The molecule has 0 unspecified atom stereocenters. The summed E-state index contributed by atoms with van der Waals surface area (Å²) < 4.78 is 0. The molecule has 0 aliphatic carbocycles. The summed E-state index contributed by atoms with van der Waals surface area (Å²) in [5, 5.41) is 14.6. The summed E-state index contributed by atoms with van der Waals surface area (Å²) in [4.78, 5) is 16.1. The van der Waals surface area contributed by atoms with Crippen LogP contribution >= 0.6 is 0 Å². The van der Waals surface area contributed by atoms with Crippen molar-refractivity contribution in [3.8, 4) is 6.07 Å². The molecular weight excluding hydrogens is 264 g/mol. The van der Waals surface area contributed by atoms with Gasteiger partial charge in [0.2, 0.25) is 0 Å². The van der Waals surface area contributed by atoms with Crippen molar-refractivity contribution in [1.29, 1.82) is 5.26 Å². The molecule has 0 spiro atoms. The molecule has 0 atom stereocenters. The molecule has 0 aliphatic heterocycles. The van der Waals surface area contributed by atoms with Crippen LogP contribution in [-0.4, -0.2) is 17.4 Å². The fourth-order valence-electron chi connectivity index (χ4n) is 1.80. The minimum Gasteiger partial charge on any atom is -0.370 e. The van der Waals surface area contributed by atoms with Crippen LogP contribution in [0, 0.1) is 11.3 Å². The Morgan fingerprint density at radius 2 is 2.00 bits per heavy atom. The first-order chi connectivity index (χ1) is 10.2. The van der Waals surface area contributed by atoms with Gasteiger partial charge in [-0.1, -0.05) is 12.1 Å². The first-order valence-electron chi connectivity index (χ1n) is 6.70. The van der Waals surface area contributed by atoms with Gasteiger partial charge in [-0.3, -0.25) is 4.79 Å². The fraction of sp³-hybridized carbons (Fsp3) is 0.188. The number of nitrogens with zero attached hydrogens (tertiary/aromatic N) is 2. The molecule has 1 aromatic heterocycles. The number of nitrogens with one attached hydrogen (secondary N) is 2. The van der Waals surface area contributed by atoms with E-state index in [4.69, 9.17) is 5.26 Å². The van der Waals surface area contributed by atoms with Crippen molar-refractivity contribution in [1.82, 2.24) is 10.3 Å². The number of hydrogen-bond acceptors (Lipinski definition) is 4. The normalized spacial score (nSPS) is 9.71. The van der Waals surface area contributed by atoms with Crippen LogP contribution in [0.2, 0.25) is 0 Å².